The van der Waals surface area contributed by atoms with E-state index >= 15 is 0 Å². The van der Waals surface area contributed by atoms with Crippen LogP contribution in [0.25, 0.3) is 0 Å². The minimum Gasteiger partial charge on any atom is -0.394 e. The minimum atomic E-state index is -0.885. The van der Waals surface area contributed by atoms with Gasteiger partial charge in [0.2, 0.25) is 0 Å². The molecule has 2 unspecified atom stereocenters. The van der Waals surface area contributed by atoms with Gasteiger partial charge in [0.05, 0.1) is 19.3 Å². The van der Waals surface area contributed by atoms with Crippen LogP contribution in [0.1, 0.15) is 37.1 Å². The first-order chi connectivity index (χ1) is 9.17. The van der Waals surface area contributed by atoms with Crippen molar-refractivity contribution in [3.8, 4) is 0 Å². The standard InChI is InChI=1S/C14H22N2O3/c1-2-15-12-4-3-5-13-11(12)6-7-14(19)16(13)8-10(18)9-17/h6-7,10,12,15,17-18H,2-5,8-9H2,1H3. The molecular formula is C14H22N2O3. The molecule has 0 amide bonds. The number of hydrogen-bond donors (Lipinski definition) is 3. The summed E-state index contributed by atoms with van der Waals surface area (Å²) in [5, 5.41) is 22.0. The van der Waals surface area contributed by atoms with Crippen molar-refractivity contribution in [2.24, 2.45) is 0 Å². The number of fused-ring (bicyclic) bond motifs is 1. The predicted molar refractivity (Wildman–Crippen MR) is 73.2 cm³/mol. The summed E-state index contributed by atoms with van der Waals surface area (Å²) in [5.41, 5.74) is 2.04. The van der Waals surface area contributed by atoms with E-state index in [-0.39, 0.29) is 24.8 Å². The number of hydrogen-bond acceptors (Lipinski definition) is 4. The first-order valence-corrected chi connectivity index (χ1v) is 6.92. The highest BCUT2D eigenvalue weighted by Crippen LogP contribution is 2.28. The van der Waals surface area contributed by atoms with Crippen molar-refractivity contribution in [3.63, 3.8) is 0 Å². The second-order valence-electron chi connectivity index (χ2n) is 5.02. The van der Waals surface area contributed by atoms with E-state index in [1.165, 1.54) is 0 Å². The Balaban J connectivity index is 2.38. The lowest BCUT2D eigenvalue weighted by atomic mass is 9.90. The van der Waals surface area contributed by atoms with Gasteiger partial charge in [-0.1, -0.05) is 13.0 Å². The Morgan fingerprint density at radius 2 is 2.32 bits per heavy atom. The van der Waals surface area contributed by atoms with Gasteiger partial charge in [0.25, 0.3) is 5.56 Å². The predicted octanol–water partition coefficient (Wildman–Crippen LogP) is 0.188. The molecule has 2 rings (SSSR count). The van der Waals surface area contributed by atoms with E-state index in [1.807, 2.05) is 6.07 Å². The van der Waals surface area contributed by atoms with Gasteiger partial charge in [0.1, 0.15) is 0 Å². The molecule has 106 valence electrons. The molecule has 0 spiro atoms. The number of pyridine rings is 1. The number of aromatic nitrogens is 1. The van der Waals surface area contributed by atoms with Crippen LogP contribution in [-0.2, 0) is 13.0 Å². The number of nitrogens with zero attached hydrogens (tertiary/aromatic N) is 1. The van der Waals surface area contributed by atoms with Crippen LogP contribution in [0.2, 0.25) is 0 Å². The molecular weight excluding hydrogens is 244 g/mol. The van der Waals surface area contributed by atoms with E-state index in [0.717, 1.165) is 37.1 Å². The zero-order chi connectivity index (χ0) is 13.8. The molecule has 0 saturated heterocycles. The summed E-state index contributed by atoms with van der Waals surface area (Å²) in [5.74, 6) is 0. The maximum atomic E-state index is 12.0. The Bertz CT molecular complexity index is 484. The highest BCUT2D eigenvalue weighted by Gasteiger charge is 2.23. The van der Waals surface area contributed by atoms with Crippen molar-refractivity contribution in [3.05, 3.63) is 33.7 Å². The summed E-state index contributed by atoms with van der Waals surface area (Å²) in [4.78, 5) is 12.0. The van der Waals surface area contributed by atoms with E-state index in [1.54, 1.807) is 10.6 Å². The Labute approximate surface area is 112 Å². The van der Waals surface area contributed by atoms with Gasteiger partial charge >= 0.3 is 0 Å². The van der Waals surface area contributed by atoms with Gasteiger partial charge < -0.3 is 20.1 Å². The molecule has 5 nitrogen and oxygen atoms in total. The fourth-order valence-electron chi connectivity index (χ4n) is 2.79. The molecule has 0 radical (unpaired) electrons. The van der Waals surface area contributed by atoms with Gasteiger partial charge in [0.15, 0.2) is 0 Å². The second-order valence-corrected chi connectivity index (χ2v) is 5.02. The van der Waals surface area contributed by atoms with Crippen LogP contribution in [-0.4, -0.2) is 34.0 Å². The number of aliphatic hydroxyl groups excluding tert-OH is 2. The molecule has 0 bridgehead atoms. The summed E-state index contributed by atoms with van der Waals surface area (Å²) in [7, 11) is 0. The van der Waals surface area contributed by atoms with Crippen LogP contribution >= 0.6 is 0 Å². The van der Waals surface area contributed by atoms with Crippen molar-refractivity contribution >= 4 is 0 Å². The van der Waals surface area contributed by atoms with E-state index in [9.17, 15) is 9.90 Å². The number of rotatable bonds is 5. The molecule has 1 aliphatic carbocycles. The van der Waals surface area contributed by atoms with E-state index < -0.39 is 6.10 Å². The summed E-state index contributed by atoms with van der Waals surface area (Å²) in [6.07, 6.45) is 2.07. The summed E-state index contributed by atoms with van der Waals surface area (Å²) < 4.78 is 1.61. The van der Waals surface area contributed by atoms with Crippen LogP contribution in [0.3, 0.4) is 0 Å². The van der Waals surface area contributed by atoms with E-state index in [2.05, 4.69) is 12.2 Å². The fraction of sp³-hybridized carbons (Fsp3) is 0.643. The third kappa shape index (κ3) is 3.05. The number of aliphatic hydroxyl groups is 2. The lowest BCUT2D eigenvalue weighted by Crippen LogP contribution is -2.35. The molecule has 1 heterocycles. The van der Waals surface area contributed by atoms with E-state index in [0.29, 0.717) is 0 Å². The van der Waals surface area contributed by atoms with Crippen molar-refractivity contribution in [1.29, 1.82) is 0 Å². The van der Waals surface area contributed by atoms with Crippen LogP contribution in [0, 0.1) is 0 Å². The van der Waals surface area contributed by atoms with Gasteiger partial charge in [-0.2, -0.15) is 0 Å². The summed E-state index contributed by atoms with van der Waals surface area (Å²) in [6, 6.07) is 3.73. The van der Waals surface area contributed by atoms with Gasteiger partial charge in [-0.05, 0) is 31.4 Å². The smallest absolute Gasteiger partial charge is 0.250 e. The average Bonchev–Trinajstić information content (AvgIpc) is 2.42. The number of nitrogens with one attached hydrogen (secondary N) is 1. The van der Waals surface area contributed by atoms with Crippen LogP contribution in [0.15, 0.2) is 16.9 Å². The molecule has 0 aliphatic heterocycles. The maximum absolute atomic E-state index is 12.0. The molecule has 1 aromatic rings. The Kier molecular flexibility index (Phi) is 4.74. The van der Waals surface area contributed by atoms with Crippen LogP contribution < -0.4 is 10.9 Å². The third-order valence-corrected chi connectivity index (χ3v) is 3.67. The van der Waals surface area contributed by atoms with Crippen molar-refractivity contribution in [1.82, 2.24) is 9.88 Å². The Morgan fingerprint density at radius 1 is 1.53 bits per heavy atom. The first kappa shape index (κ1) is 14.2. The van der Waals surface area contributed by atoms with Crippen molar-refractivity contribution in [2.45, 2.75) is 44.9 Å². The van der Waals surface area contributed by atoms with Crippen LogP contribution in [0.4, 0.5) is 0 Å². The lowest BCUT2D eigenvalue weighted by Gasteiger charge is -2.28. The van der Waals surface area contributed by atoms with Crippen molar-refractivity contribution < 1.29 is 10.2 Å². The molecule has 3 N–H and O–H groups in total. The molecule has 1 aromatic heterocycles. The largest absolute Gasteiger partial charge is 0.394 e. The quantitative estimate of drug-likeness (QED) is 0.711. The zero-order valence-electron chi connectivity index (χ0n) is 11.3. The topological polar surface area (TPSA) is 74.5 Å². The second kappa shape index (κ2) is 6.32. The van der Waals surface area contributed by atoms with Gasteiger partial charge in [-0.15, -0.1) is 0 Å². The molecule has 19 heavy (non-hydrogen) atoms. The van der Waals surface area contributed by atoms with Crippen molar-refractivity contribution in [2.75, 3.05) is 13.2 Å². The molecule has 5 heteroatoms. The monoisotopic (exact) mass is 266 g/mol. The SMILES string of the molecule is CCNC1CCCc2c1ccc(=O)n2CC(O)CO. The highest BCUT2D eigenvalue weighted by atomic mass is 16.3. The lowest BCUT2D eigenvalue weighted by molar-refractivity contribution is 0.0794. The third-order valence-electron chi connectivity index (χ3n) is 3.67. The fourth-order valence-corrected chi connectivity index (χ4v) is 2.79. The Morgan fingerprint density at radius 3 is 3.00 bits per heavy atom. The Hall–Kier alpha value is -1.17. The molecule has 0 saturated carbocycles. The van der Waals surface area contributed by atoms with E-state index in [4.69, 9.17) is 5.11 Å². The first-order valence-electron chi connectivity index (χ1n) is 6.92. The van der Waals surface area contributed by atoms with Gasteiger partial charge in [-0.25, -0.2) is 0 Å². The van der Waals surface area contributed by atoms with Gasteiger partial charge in [0, 0.05) is 17.8 Å². The summed E-state index contributed by atoms with van der Waals surface area (Å²) >= 11 is 0. The zero-order valence-corrected chi connectivity index (χ0v) is 11.3. The molecule has 0 fully saturated rings. The minimum absolute atomic E-state index is 0.108. The maximum Gasteiger partial charge on any atom is 0.250 e. The molecule has 0 aromatic carbocycles. The highest BCUT2D eigenvalue weighted by molar-refractivity contribution is 5.27. The molecule has 1 aliphatic rings. The average molecular weight is 266 g/mol. The van der Waals surface area contributed by atoms with Gasteiger partial charge in [-0.3, -0.25) is 4.79 Å². The normalized spacial score (nSPS) is 20.1. The van der Waals surface area contributed by atoms with Crippen LogP contribution in [0.5, 0.6) is 0 Å². The summed E-state index contributed by atoms with van der Waals surface area (Å²) in [6.45, 7) is 2.80. The molecule has 2 atom stereocenters.